The zero-order chi connectivity index (χ0) is 15.1. The average molecular weight is 326 g/mol. The first-order chi connectivity index (χ1) is 9.14. The maximum atomic E-state index is 12.3. The molecule has 0 spiro atoms. The zero-order valence-corrected chi connectivity index (χ0v) is 10.8. The van der Waals surface area contributed by atoms with Crippen molar-refractivity contribution in [3.8, 4) is 11.8 Å². The second-order valence-corrected chi connectivity index (χ2v) is 5.44. The first kappa shape index (κ1) is 14.5. The van der Waals surface area contributed by atoms with Crippen molar-refractivity contribution in [2.45, 2.75) is 5.51 Å². The molecule has 1 aromatic carbocycles. The molecule has 0 saturated carbocycles. The van der Waals surface area contributed by atoms with Gasteiger partial charge in [0.05, 0.1) is 17.0 Å². The lowest BCUT2D eigenvalue weighted by molar-refractivity contribution is -0.0499. The number of nitrogens with zero attached hydrogens (tertiary/aromatic N) is 1. The lowest BCUT2D eigenvalue weighted by Gasteiger charge is -2.10. The van der Waals surface area contributed by atoms with Crippen molar-refractivity contribution in [2.24, 2.45) is 0 Å². The Labute approximate surface area is 115 Å². The summed E-state index contributed by atoms with van der Waals surface area (Å²) >= 11 is 5.53. The fourth-order valence-electron chi connectivity index (χ4n) is 1.37. The molecule has 1 heterocycles. The van der Waals surface area contributed by atoms with Gasteiger partial charge in [-0.05, 0) is 17.7 Å². The summed E-state index contributed by atoms with van der Waals surface area (Å²) in [5.41, 5.74) is -5.80. The number of alkyl halides is 3. The third-order valence-electron chi connectivity index (χ3n) is 2.18. The first-order valence-electron chi connectivity index (χ1n) is 4.78. The third kappa shape index (κ3) is 2.52. The highest BCUT2D eigenvalue weighted by molar-refractivity contribution is 7.88. The minimum atomic E-state index is -5.85. The van der Waals surface area contributed by atoms with E-state index in [1.165, 1.54) is 6.07 Å². The Kier molecular flexibility index (Phi) is 3.31. The van der Waals surface area contributed by atoms with Crippen molar-refractivity contribution in [3.05, 3.63) is 29.0 Å². The summed E-state index contributed by atoms with van der Waals surface area (Å²) in [5, 5.41) is 8.45. The first-order valence-corrected chi connectivity index (χ1v) is 6.56. The van der Waals surface area contributed by atoms with E-state index in [0.29, 0.717) is 0 Å². The van der Waals surface area contributed by atoms with Crippen LogP contribution in [0, 0.1) is 11.3 Å². The second-order valence-electron chi connectivity index (χ2n) is 3.53. The molecule has 0 N–H and O–H groups in total. The molecule has 2 rings (SSSR count). The topological polar surface area (TPSA) is 80.3 Å². The molecule has 0 aliphatic heterocycles. The molecule has 20 heavy (non-hydrogen) atoms. The van der Waals surface area contributed by atoms with E-state index in [4.69, 9.17) is 21.3 Å². The van der Waals surface area contributed by atoms with Gasteiger partial charge in [0.2, 0.25) is 0 Å². The lowest BCUT2D eigenvalue weighted by atomic mass is 10.2. The van der Waals surface area contributed by atoms with E-state index in [9.17, 15) is 21.6 Å². The highest BCUT2D eigenvalue weighted by Gasteiger charge is 2.48. The van der Waals surface area contributed by atoms with E-state index in [2.05, 4.69) is 4.18 Å². The molecule has 0 aliphatic carbocycles. The van der Waals surface area contributed by atoms with Crippen LogP contribution in [0.3, 0.4) is 0 Å². The average Bonchev–Trinajstić information content (AvgIpc) is 2.67. The molecule has 1 aromatic heterocycles. The molecule has 10 heteroatoms. The Hall–Kier alpha value is -1.92. The predicted octanol–water partition coefficient (Wildman–Crippen LogP) is 3.19. The van der Waals surface area contributed by atoms with Crippen LogP contribution in [0.1, 0.15) is 5.56 Å². The van der Waals surface area contributed by atoms with Crippen LogP contribution in [0.25, 0.3) is 11.0 Å². The molecule has 0 unspecified atom stereocenters. The molecule has 0 atom stereocenters. The van der Waals surface area contributed by atoms with E-state index in [1.807, 2.05) is 0 Å². The van der Waals surface area contributed by atoms with Gasteiger partial charge < -0.3 is 8.60 Å². The SMILES string of the molecule is N#Cc1cc(OS(=O)(=O)C(F)(F)F)c2cc(Cl)oc2c1. The van der Waals surface area contributed by atoms with Gasteiger partial charge in [-0.2, -0.15) is 26.9 Å². The number of nitriles is 1. The Bertz CT molecular complexity index is 819. The van der Waals surface area contributed by atoms with Crippen LogP contribution >= 0.6 is 11.6 Å². The summed E-state index contributed by atoms with van der Waals surface area (Å²) in [6, 6.07) is 4.75. The maximum absolute atomic E-state index is 12.3. The largest absolute Gasteiger partial charge is 0.534 e. The number of hydrogen-bond acceptors (Lipinski definition) is 5. The molecule has 0 bridgehead atoms. The van der Waals surface area contributed by atoms with Crippen LogP contribution in [-0.4, -0.2) is 13.9 Å². The Morgan fingerprint density at radius 2 is 1.95 bits per heavy atom. The smallest absolute Gasteiger partial charge is 0.445 e. The molecule has 5 nitrogen and oxygen atoms in total. The molecule has 0 aliphatic rings. The van der Waals surface area contributed by atoms with Crippen LogP contribution in [0.15, 0.2) is 22.6 Å². The number of rotatable bonds is 2. The van der Waals surface area contributed by atoms with E-state index in [0.717, 1.165) is 12.1 Å². The molecular weight excluding hydrogens is 323 g/mol. The van der Waals surface area contributed by atoms with Gasteiger partial charge in [-0.1, -0.05) is 0 Å². The summed E-state index contributed by atoms with van der Waals surface area (Å²) in [7, 11) is -5.85. The maximum Gasteiger partial charge on any atom is 0.534 e. The van der Waals surface area contributed by atoms with Crippen molar-refractivity contribution in [1.29, 1.82) is 5.26 Å². The monoisotopic (exact) mass is 325 g/mol. The normalized spacial score (nSPS) is 12.3. The number of halogens is 4. The fourth-order valence-corrected chi connectivity index (χ4v) is 2.04. The van der Waals surface area contributed by atoms with Gasteiger partial charge in [0, 0.05) is 12.1 Å². The minimum Gasteiger partial charge on any atom is -0.445 e. The van der Waals surface area contributed by atoms with Crippen LogP contribution < -0.4 is 4.18 Å². The predicted molar refractivity (Wildman–Crippen MR) is 61.5 cm³/mol. The highest BCUT2D eigenvalue weighted by Crippen LogP contribution is 2.35. The van der Waals surface area contributed by atoms with Gasteiger partial charge in [0.15, 0.2) is 11.0 Å². The summed E-state index contributed by atoms with van der Waals surface area (Å²) in [6.07, 6.45) is 0. The number of benzene rings is 1. The van der Waals surface area contributed by atoms with Crippen LogP contribution in [0.5, 0.6) is 5.75 Å². The van der Waals surface area contributed by atoms with Crippen LogP contribution in [0.2, 0.25) is 5.22 Å². The summed E-state index contributed by atoms with van der Waals surface area (Å²) in [4.78, 5) is 0. The van der Waals surface area contributed by atoms with Gasteiger partial charge in [0.1, 0.15) is 5.58 Å². The number of furan rings is 1. The van der Waals surface area contributed by atoms with Crippen LogP contribution in [-0.2, 0) is 10.1 Å². The molecule has 0 amide bonds. The van der Waals surface area contributed by atoms with E-state index < -0.39 is 21.4 Å². The highest BCUT2D eigenvalue weighted by atomic mass is 35.5. The zero-order valence-electron chi connectivity index (χ0n) is 9.23. The lowest BCUT2D eigenvalue weighted by Crippen LogP contribution is -2.28. The second kappa shape index (κ2) is 4.57. The van der Waals surface area contributed by atoms with E-state index in [-0.39, 0.29) is 21.8 Å². The number of fused-ring (bicyclic) bond motifs is 1. The van der Waals surface area contributed by atoms with E-state index in [1.54, 1.807) is 6.07 Å². The number of hydrogen-bond donors (Lipinski definition) is 0. The van der Waals surface area contributed by atoms with Crippen LogP contribution in [0.4, 0.5) is 13.2 Å². The van der Waals surface area contributed by atoms with Crippen molar-refractivity contribution in [2.75, 3.05) is 0 Å². The fraction of sp³-hybridized carbons (Fsp3) is 0.100. The van der Waals surface area contributed by atoms with Crippen molar-refractivity contribution >= 4 is 32.7 Å². The molecule has 0 fully saturated rings. The van der Waals surface area contributed by atoms with Crippen molar-refractivity contribution in [3.63, 3.8) is 0 Å². The molecule has 106 valence electrons. The summed E-state index contributed by atoms with van der Waals surface area (Å²) in [5.74, 6) is -0.688. The standard InChI is InChI=1S/C10H3ClF3NO4S/c11-9-3-6-7(18-9)1-5(4-15)2-8(6)19-20(16,17)10(12,13)14/h1-3H. The van der Waals surface area contributed by atoms with Crippen molar-refractivity contribution in [1.82, 2.24) is 0 Å². The van der Waals surface area contributed by atoms with Gasteiger partial charge in [0.25, 0.3) is 0 Å². The summed E-state index contributed by atoms with van der Waals surface area (Å²) in [6.45, 7) is 0. The molecular formula is C10H3ClF3NO4S. The van der Waals surface area contributed by atoms with Gasteiger partial charge in [-0.3, -0.25) is 0 Å². The molecule has 0 radical (unpaired) electrons. The van der Waals surface area contributed by atoms with E-state index >= 15 is 0 Å². The Morgan fingerprint density at radius 1 is 1.30 bits per heavy atom. The summed E-state index contributed by atoms with van der Waals surface area (Å²) < 4.78 is 67.7. The minimum absolute atomic E-state index is 0.0681. The van der Waals surface area contributed by atoms with Gasteiger partial charge in [-0.25, -0.2) is 0 Å². The van der Waals surface area contributed by atoms with Gasteiger partial charge in [-0.15, -0.1) is 0 Å². The quantitative estimate of drug-likeness (QED) is 0.625. The van der Waals surface area contributed by atoms with Gasteiger partial charge >= 0.3 is 15.6 Å². The Morgan fingerprint density at radius 3 is 2.50 bits per heavy atom. The molecule has 0 saturated heterocycles. The molecule has 2 aromatic rings. The van der Waals surface area contributed by atoms with Crippen molar-refractivity contribution < 1.29 is 30.2 Å². The Balaban J connectivity index is 2.63. The third-order valence-corrected chi connectivity index (χ3v) is 3.33.